The second-order valence-electron chi connectivity index (χ2n) is 7.40. The summed E-state index contributed by atoms with van der Waals surface area (Å²) in [5.41, 5.74) is 1.84. The standard InChI is InChI=1S/C23H23ClN2OS/c1-16-7-5-6-10-20(16)26-22(27)21(15-17-11-13-18(24)14-12-17)28-23(26)25-19-8-3-2-4-9-19/h2-4,8-9,11-16,20H,5-7,10H2,1H3/b21-15-,25-23?/t16-,20-/m0/s1. The second-order valence-corrected chi connectivity index (χ2v) is 8.84. The zero-order valence-electron chi connectivity index (χ0n) is 15.8. The molecule has 28 heavy (non-hydrogen) atoms. The lowest BCUT2D eigenvalue weighted by atomic mass is 9.85. The van der Waals surface area contributed by atoms with E-state index in [9.17, 15) is 4.79 Å². The molecule has 4 rings (SSSR count). The molecule has 0 spiro atoms. The van der Waals surface area contributed by atoms with Crippen molar-refractivity contribution in [3.63, 3.8) is 0 Å². The lowest BCUT2D eigenvalue weighted by Gasteiger charge is -2.35. The van der Waals surface area contributed by atoms with Gasteiger partial charge in [0.15, 0.2) is 5.17 Å². The van der Waals surface area contributed by atoms with Gasteiger partial charge in [0, 0.05) is 11.1 Å². The molecule has 144 valence electrons. The van der Waals surface area contributed by atoms with Crippen LogP contribution < -0.4 is 0 Å². The van der Waals surface area contributed by atoms with Crippen molar-refractivity contribution in [3.8, 4) is 0 Å². The molecule has 1 aliphatic heterocycles. The Morgan fingerprint density at radius 2 is 1.79 bits per heavy atom. The van der Waals surface area contributed by atoms with Crippen LogP contribution in [0.25, 0.3) is 6.08 Å². The van der Waals surface area contributed by atoms with Crippen LogP contribution in [0.15, 0.2) is 64.5 Å². The number of para-hydroxylation sites is 1. The van der Waals surface area contributed by atoms with Crippen LogP contribution in [0, 0.1) is 5.92 Å². The average Bonchev–Trinajstić information content (AvgIpc) is 3.00. The van der Waals surface area contributed by atoms with E-state index in [-0.39, 0.29) is 11.9 Å². The number of carbonyl (C=O) groups excluding carboxylic acids is 1. The molecule has 5 heteroatoms. The summed E-state index contributed by atoms with van der Waals surface area (Å²) in [5, 5.41) is 1.48. The van der Waals surface area contributed by atoms with Gasteiger partial charge in [0.1, 0.15) is 0 Å². The number of rotatable bonds is 3. The first-order chi connectivity index (χ1) is 13.6. The van der Waals surface area contributed by atoms with E-state index in [2.05, 4.69) is 6.92 Å². The summed E-state index contributed by atoms with van der Waals surface area (Å²) in [4.78, 5) is 20.8. The third kappa shape index (κ3) is 4.18. The molecule has 2 fully saturated rings. The molecule has 1 saturated carbocycles. The Kier molecular flexibility index (Phi) is 5.88. The lowest BCUT2D eigenvalue weighted by molar-refractivity contribution is -0.124. The quantitative estimate of drug-likeness (QED) is 0.539. The van der Waals surface area contributed by atoms with Crippen molar-refractivity contribution in [1.82, 2.24) is 4.90 Å². The third-order valence-electron chi connectivity index (χ3n) is 5.38. The van der Waals surface area contributed by atoms with Crippen molar-refractivity contribution in [1.29, 1.82) is 0 Å². The van der Waals surface area contributed by atoms with Crippen LogP contribution in [0.5, 0.6) is 0 Å². The van der Waals surface area contributed by atoms with Crippen LogP contribution >= 0.6 is 23.4 Å². The number of amides is 1. The molecule has 1 aliphatic carbocycles. The highest BCUT2D eigenvalue weighted by atomic mass is 35.5. The van der Waals surface area contributed by atoms with E-state index in [0.717, 1.165) is 40.6 Å². The van der Waals surface area contributed by atoms with Gasteiger partial charge in [0.05, 0.1) is 10.6 Å². The highest BCUT2D eigenvalue weighted by molar-refractivity contribution is 8.18. The number of benzene rings is 2. The first-order valence-electron chi connectivity index (χ1n) is 9.74. The van der Waals surface area contributed by atoms with Gasteiger partial charge >= 0.3 is 0 Å². The first-order valence-corrected chi connectivity index (χ1v) is 10.9. The predicted octanol–water partition coefficient (Wildman–Crippen LogP) is 6.52. The van der Waals surface area contributed by atoms with Gasteiger partial charge < -0.3 is 0 Å². The van der Waals surface area contributed by atoms with E-state index < -0.39 is 0 Å². The maximum absolute atomic E-state index is 13.4. The van der Waals surface area contributed by atoms with Gasteiger partial charge in [0.25, 0.3) is 5.91 Å². The topological polar surface area (TPSA) is 32.7 Å². The van der Waals surface area contributed by atoms with Gasteiger partial charge in [-0.15, -0.1) is 0 Å². The van der Waals surface area contributed by atoms with E-state index in [0.29, 0.717) is 10.9 Å². The Morgan fingerprint density at radius 1 is 1.07 bits per heavy atom. The Balaban J connectivity index is 1.71. The van der Waals surface area contributed by atoms with Crippen molar-refractivity contribution >= 4 is 46.2 Å². The fourth-order valence-electron chi connectivity index (χ4n) is 3.86. The van der Waals surface area contributed by atoms with Gasteiger partial charge in [-0.2, -0.15) is 0 Å². The molecule has 0 aromatic heterocycles. The van der Waals surface area contributed by atoms with Crippen LogP contribution in [0.4, 0.5) is 5.69 Å². The van der Waals surface area contributed by atoms with Gasteiger partial charge in [-0.25, -0.2) is 4.99 Å². The number of amidine groups is 1. The minimum atomic E-state index is 0.0633. The van der Waals surface area contributed by atoms with Crippen LogP contribution in [0.3, 0.4) is 0 Å². The van der Waals surface area contributed by atoms with E-state index in [4.69, 9.17) is 16.6 Å². The molecule has 0 unspecified atom stereocenters. The van der Waals surface area contributed by atoms with Gasteiger partial charge in [-0.3, -0.25) is 9.69 Å². The number of nitrogens with zero attached hydrogens (tertiary/aromatic N) is 2. The smallest absolute Gasteiger partial charge is 0.267 e. The third-order valence-corrected chi connectivity index (χ3v) is 6.62. The maximum atomic E-state index is 13.4. The van der Waals surface area contributed by atoms with E-state index in [1.54, 1.807) is 0 Å². The normalized spacial score (nSPS) is 25.6. The molecule has 2 aromatic rings. The van der Waals surface area contributed by atoms with E-state index >= 15 is 0 Å². The molecule has 2 atom stereocenters. The van der Waals surface area contributed by atoms with Crippen molar-refractivity contribution in [2.45, 2.75) is 38.6 Å². The summed E-state index contributed by atoms with van der Waals surface area (Å²) in [5.74, 6) is 0.544. The molecule has 2 aromatic carbocycles. The molecular weight excluding hydrogens is 388 g/mol. The summed E-state index contributed by atoms with van der Waals surface area (Å²) < 4.78 is 0. The fourth-order valence-corrected chi connectivity index (χ4v) is 5.03. The number of thioether (sulfide) groups is 1. The highest BCUT2D eigenvalue weighted by Gasteiger charge is 2.40. The Morgan fingerprint density at radius 3 is 2.50 bits per heavy atom. The van der Waals surface area contributed by atoms with Crippen LogP contribution in [0.1, 0.15) is 38.2 Å². The molecule has 0 radical (unpaired) electrons. The van der Waals surface area contributed by atoms with Crippen molar-refractivity contribution < 1.29 is 4.79 Å². The van der Waals surface area contributed by atoms with Gasteiger partial charge in [-0.1, -0.05) is 61.7 Å². The summed E-state index contributed by atoms with van der Waals surface area (Å²) in [6, 6.07) is 17.6. The van der Waals surface area contributed by atoms with Crippen molar-refractivity contribution in [2.75, 3.05) is 0 Å². The summed E-state index contributed by atoms with van der Waals surface area (Å²) >= 11 is 7.46. The summed E-state index contributed by atoms with van der Waals surface area (Å²) in [6.07, 6.45) is 6.55. The molecule has 1 saturated heterocycles. The SMILES string of the molecule is C[C@H]1CCCC[C@@H]1N1C(=O)/C(=C/c2ccc(Cl)cc2)SC1=Nc1ccccc1. The minimum absolute atomic E-state index is 0.0633. The molecule has 1 amide bonds. The van der Waals surface area contributed by atoms with Crippen LogP contribution in [-0.2, 0) is 4.79 Å². The Labute approximate surface area is 175 Å². The number of hydrogen-bond donors (Lipinski definition) is 0. The molecule has 0 bridgehead atoms. The zero-order valence-corrected chi connectivity index (χ0v) is 17.4. The van der Waals surface area contributed by atoms with Crippen LogP contribution in [-0.4, -0.2) is 22.0 Å². The lowest BCUT2D eigenvalue weighted by Crippen LogP contribution is -2.44. The monoisotopic (exact) mass is 410 g/mol. The Hall–Kier alpha value is -2.04. The molecular formula is C23H23ClN2OS. The largest absolute Gasteiger partial charge is 0.283 e. The maximum Gasteiger partial charge on any atom is 0.267 e. The number of aliphatic imine (C=N–C) groups is 1. The predicted molar refractivity (Wildman–Crippen MR) is 119 cm³/mol. The van der Waals surface area contributed by atoms with Gasteiger partial charge in [-0.05, 0) is 66.4 Å². The van der Waals surface area contributed by atoms with Crippen molar-refractivity contribution in [2.24, 2.45) is 10.9 Å². The number of halogens is 1. The highest BCUT2D eigenvalue weighted by Crippen LogP contribution is 2.40. The average molecular weight is 411 g/mol. The minimum Gasteiger partial charge on any atom is -0.283 e. The summed E-state index contributed by atoms with van der Waals surface area (Å²) in [7, 11) is 0. The Bertz CT molecular complexity index is 908. The van der Waals surface area contributed by atoms with Crippen molar-refractivity contribution in [3.05, 3.63) is 70.1 Å². The fraction of sp³-hybridized carbons (Fsp3) is 0.304. The number of hydrogen-bond acceptors (Lipinski definition) is 3. The second kappa shape index (κ2) is 8.54. The molecule has 2 aliphatic rings. The summed E-state index contributed by atoms with van der Waals surface area (Å²) in [6.45, 7) is 2.25. The van der Waals surface area contributed by atoms with E-state index in [1.807, 2.05) is 65.6 Å². The molecule has 0 N–H and O–H groups in total. The zero-order chi connectivity index (χ0) is 19.5. The molecule has 3 nitrogen and oxygen atoms in total. The van der Waals surface area contributed by atoms with E-state index in [1.165, 1.54) is 18.2 Å². The van der Waals surface area contributed by atoms with Gasteiger partial charge in [0.2, 0.25) is 0 Å². The first kappa shape index (κ1) is 19.3. The number of carbonyl (C=O) groups is 1. The van der Waals surface area contributed by atoms with Crippen LogP contribution in [0.2, 0.25) is 5.02 Å². The molecule has 1 heterocycles.